The van der Waals surface area contributed by atoms with Gasteiger partial charge in [-0.2, -0.15) is 0 Å². The summed E-state index contributed by atoms with van der Waals surface area (Å²) in [4.78, 5) is 21.6. The number of likely N-dealkylation sites (N-methyl/N-ethyl adjacent to an activating group) is 1. The van der Waals surface area contributed by atoms with Gasteiger partial charge in [0.1, 0.15) is 11.6 Å². The van der Waals surface area contributed by atoms with Crippen molar-refractivity contribution in [3.8, 4) is 0 Å². The SMILES string of the molecule is CCN(CC)CCN(C(=O)c1ccc(F)cc1F)c1nc2c(C)cc(C)cc2s1. The van der Waals surface area contributed by atoms with E-state index in [2.05, 4.69) is 23.7 Å². The van der Waals surface area contributed by atoms with E-state index in [1.807, 2.05) is 26.0 Å². The largest absolute Gasteiger partial charge is 0.302 e. The average Bonchev–Trinajstić information content (AvgIpc) is 3.09. The number of halogens is 2. The molecule has 0 aliphatic rings. The number of rotatable bonds is 7. The molecule has 0 aliphatic heterocycles. The number of benzene rings is 2. The van der Waals surface area contributed by atoms with Crippen molar-refractivity contribution >= 4 is 32.6 Å². The molecular weight excluding hydrogens is 392 g/mol. The molecule has 7 heteroatoms. The maximum absolute atomic E-state index is 14.3. The second-order valence-electron chi connectivity index (χ2n) is 7.03. The van der Waals surface area contributed by atoms with E-state index in [4.69, 9.17) is 0 Å². The van der Waals surface area contributed by atoms with E-state index in [1.165, 1.54) is 22.3 Å². The maximum atomic E-state index is 14.3. The van der Waals surface area contributed by atoms with Crippen molar-refractivity contribution < 1.29 is 13.6 Å². The Kier molecular flexibility index (Phi) is 6.59. The highest BCUT2D eigenvalue weighted by Crippen LogP contribution is 2.32. The van der Waals surface area contributed by atoms with E-state index < -0.39 is 17.5 Å². The molecule has 29 heavy (non-hydrogen) atoms. The Hall–Kier alpha value is -2.38. The molecule has 3 rings (SSSR count). The Morgan fingerprint density at radius 2 is 1.79 bits per heavy atom. The van der Waals surface area contributed by atoms with E-state index in [-0.39, 0.29) is 5.56 Å². The smallest absolute Gasteiger partial charge is 0.263 e. The molecule has 0 spiro atoms. The maximum Gasteiger partial charge on any atom is 0.263 e. The first-order valence-electron chi connectivity index (χ1n) is 9.71. The predicted octanol–water partition coefficient (Wildman–Crippen LogP) is 5.18. The fraction of sp³-hybridized carbons (Fsp3) is 0.364. The zero-order valence-corrected chi connectivity index (χ0v) is 17.9. The van der Waals surface area contributed by atoms with E-state index >= 15 is 0 Å². The summed E-state index contributed by atoms with van der Waals surface area (Å²) >= 11 is 1.41. The summed E-state index contributed by atoms with van der Waals surface area (Å²) in [6.45, 7) is 10.8. The Morgan fingerprint density at radius 1 is 1.07 bits per heavy atom. The second-order valence-corrected chi connectivity index (χ2v) is 8.04. The molecule has 0 saturated carbocycles. The Balaban J connectivity index is 2.02. The van der Waals surface area contributed by atoms with Crippen molar-refractivity contribution in [3.63, 3.8) is 0 Å². The van der Waals surface area contributed by atoms with E-state index in [0.29, 0.717) is 18.2 Å². The van der Waals surface area contributed by atoms with E-state index in [0.717, 1.165) is 46.6 Å². The molecule has 0 radical (unpaired) electrons. The van der Waals surface area contributed by atoms with Gasteiger partial charge in [-0.25, -0.2) is 13.8 Å². The molecule has 0 N–H and O–H groups in total. The number of fused-ring (bicyclic) bond motifs is 1. The van der Waals surface area contributed by atoms with Crippen LogP contribution in [0.5, 0.6) is 0 Å². The molecular formula is C22H25F2N3OS. The first-order valence-corrected chi connectivity index (χ1v) is 10.5. The van der Waals surface area contributed by atoms with Crippen molar-refractivity contribution in [2.45, 2.75) is 27.7 Å². The van der Waals surface area contributed by atoms with Crippen LogP contribution in [0.15, 0.2) is 30.3 Å². The number of carbonyl (C=O) groups is 1. The zero-order chi connectivity index (χ0) is 21.1. The molecule has 0 saturated heterocycles. The second kappa shape index (κ2) is 8.97. The molecule has 3 aromatic rings. The van der Waals surface area contributed by atoms with Crippen LogP contribution in [0, 0.1) is 25.5 Å². The van der Waals surface area contributed by atoms with E-state index in [9.17, 15) is 13.6 Å². The van der Waals surface area contributed by atoms with Crippen LogP contribution in [-0.4, -0.2) is 42.0 Å². The van der Waals surface area contributed by atoms with Gasteiger partial charge in [-0.1, -0.05) is 31.3 Å². The number of aryl methyl sites for hydroxylation is 2. The highest BCUT2D eigenvalue weighted by Gasteiger charge is 2.25. The van der Waals surface area contributed by atoms with Crippen molar-refractivity contribution in [2.24, 2.45) is 0 Å². The summed E-state index contributed by atoms with van der Waals surface area (Å²) in [5.74, 6) is -2.08. The number of aromatic nitrogens is 1. The molecule has 4 nitrogen and oxygen atoms in total. The number of hydrogen-bond acceptors (Lipinski definition) is 4. The third-order valence-electron chi connectivity index (χ3n) is 4.99. The molecule has 0 bridgehead atoms. The lowest BCUT2D eigenvalue weighted by molar-refractivity contribution is 0.0980. The molecule has 2 aromatic carbocycles. The van der Waals surface area contributed by atoms with Crippen LogP contribution < -0.4 is 4.90 Å². The van der Waals surface area contributed by atoms with Crippen LogP contribution in [0.25, 0.3) is 10.2 Å². The van der Waals surface area contributed by atoms with Crippen molar-refractivity contribution in [2.75, 3.05) is 31.1 Å². The standard InChI is InChI=1S/C22H25F2N3OS/c1-5-26(6-2)9-10-27(21(28)17-8-7-16(23)13-18(17)24)22-25-20-15(4)11-14(3)12-19(20)29-22/h7-8,11-13H,5-6,9-10H2,1-4H3. The summed E-state index contributed by atoms with van der Waals surface area (Å²) in [6, 6.07) is 7.12. The fourth-order valence-electron chi connectivity index (χ4n) is 3.35. The minimum Gasteiger partial charge on any atom is -0.302 e. The first kappa shape index (κ1) is 21.3. The summed E-state index contributed by atoms with van der Waals surface area (Å²) in [5, 5.41) is 0.523. The summed E-state index contributed by atoms with van der Waals surface area (Å²) in [7, 11) is 0. The lowest BCUT2D eigenvalue weighted by atomic mass is 10.1. The minimum atomic E-state index is -0.865. The summed E-state index contributed by atoms with van der Waals surface area (Å²) < 4.78 is 28.6. The van der Waals surface area contributed by atoms with Gasteiger partial charge in [0.25, 0.3) is 5.91 Å². The van der Waals surface area contributed by atoms with Gasteiger partial charge >= 0.3 is 0 Å². The van der Waals surface area contributed by atoms with Crippen LogP contribution in [0.1, 0.15) is 35.3 Å². The number of carbonyl (C=O) groups excluding carboxylic acids is 1. The number of hydrogen-bond donors (Lipinski definition) is 0. The quantitative estimate of drug-likeness (QED) is 0.531. The number of amides is 1. The van der Waals surface area contributed by atoms with Crippen molar-refractivity contribution in [3.05, 3.63) is 58.7 Å². The predicted molar refractivity (Wildman–Crippen MR) is 115 cm³/mol. The summed E-state index contributed by atoms with van der Waals surface area (Å²) in [6.07, 6.45) is 0. The Morgan fingerprint density at radius 3 is 2.45 bits per heavy atom. The fourth-order valence-corrected chi connectivity index (χ4v) is 4.51. The lowest BCUT2D eigenvalue weighted by Crippen LogP contribution is -2.39. The molecule has 154 valence electrons. The van der Waals surface area contributed by atoms with Gasteiger partial charge in [0, 0.05) is 19.2 Å². The number of anilines is 1. The van der Waals surface area contributed by atoms with Crippen molar-refractivity contribution in [1.29, 1.82) is 0 Å². The first-order chi connectivity index (χ1) is 13.8. The monoisotopic (exact) mass is 417 g/mol. The molecule has 0 fully saturated rings. The van der Waals surface area contributed by atoms with Crippen LogP contribution in [0.2, 0.25) is 0 Å². The van der Waals surface area contributed by atoms with E-state index in [1.54, 1.807) is 0 Å². The van der Waals surface area contributed by atoms with Crippen LogP contribution in [0.4, 0.5) is 13.9 Å². The molecule has 0 unspecified atom stereocenters. The average molecular weight is 418 g/mol. The molecule has 0 atom stereocenters. The van der Waals surface area contributed by atoms with Gasteiger partial charge in [-0.05, 0) is 56.3 Å². The van der Waals surface area contributed by atoms with Crippen LogP contribution >= 0.6 is 11.3 Å². The normalized spacial score (nSPS) is 11.4. The minimum absolute atomic E-state index is 0.155. The third kappa shape index (κ3) is 4.62. The van der Waals surface area contributed by atoms with Gasteiger partial charge < -0.3 is 4.90 Å². The molecule has 1 aromatic heterocycles. The number of nitrogens with zero attached hydrogens (tertiary/aromatic N) is 3. The van der Waals surface area contributed by atoms with Crippen LogP contribution in [-0.2, 0) is 0 Å². The topological polar surface area (TPSA) is 36.4 Å². The van der Waals surface area contributed by atoms with Gasteiger partial charge in [0.2, 0.25) is 0 Å². The third-order valence-corrected chi connectivity index (χ3v) is 6.02. The summed E-state index contributed by atoms with van der Waals surface area (Å²) in [5.41, 5.74) is 2.84. The highest BCUT2D eigenvalue weighted by atomic mass is 32.1. The van der Waals surface area contributed by atoms with Gasteiger partial charge in [0.05, 0.1) is 15.8 Å². The van der Waals surface area contributed by atoms with Crippen LogP contribution in [0.3, 0.4) is 0 Å². The lowest BCUT2D eigenvalue weighted by Gasteiger charge is -2.24. The molecule has 1 heterocycles. The molecule has 0 aliphatic carbocycles. The molecule has 1 amide bonds. The number of thiazole rings is 1. The zero-order valence-electron chi connectivity index (χ0n) is 17.1. The highest BCUT2D eigenvalue weighted by molar-refractivity contribution is 7.22. The van der Waals surface area contributed by atoms with Crippen molar-refractivity contribution in [1.82, 2.24) is 9.88 Å². The van der Waals surface area contributed by atoms with Gasteiger partial charge in [-0.15, -0.1) is 0 Å². The van der Waals surface area contributed by atoms with Gasteiger partial charge in [0.15, 0.2) is 5.13 Å². The van der Waals surface area contributed by atoms with Gasteiger partial charge in [-0.3, -0.25) is 9.69 Å². The Labute approximate surface area is 173 Å². The Bertz CT molecular complexity index is 1030.